The summed E-state index contributed by atoms with van der Waals surface area (Å²) < 4.78 is 6.01. The average Bonchev–Trinajstić information content (AvgIpc) is 2.78. The molecule has 92 valence electrons. The number of ether oxygens (including phenoxy) is 1. The van der Waals surface area contributed by atoms with Crippen molar-refractivity contribution in [3.63, 3.8) is 0 Å². The van der Waals surface area contributed by atoms with E-state index in [0.717, 1.165) is 31.6 Å². The Bertz CT molecular complexity index is 350. The number of para-hydroxylation sites is 1. The van der Waals surface area contributed by atoms with E-state index in [-0.39, 0.29) is 6.10 Å². The van der Waals surface area contributed by atoms with Crippen LogP contribution in [0.25, 0.3) is 0 Å². The standard InChI is InChI=1S/C15H21NO/c1-3-7-13(16-10-4-2)15-11-12-8-5-6-9-14(12)17-15/h3,5-6,8-9,13,15-16H,1,4,7,10-11H2,2H3. The monoisotopic (exact) mass is 231 g/mol. The number of hydrogen-bond donors (Lipinski definition) is 1. The second-order valence-corrected chi connectivity index (χ2v) is 4.55. The van der Waals surface area contributed by atoms with Crippen molar-refractivity contribution in [1.82, 2.24) is 5.32 Å². The van der Waals surface area contributed by atoms with Crippen LogP contribution in [-0.2, 0) is 6.42 Å². The smallest absolute Gasteiger partial charge is 0.123 e. The third-order valence-corrected chi connectivity index (χ3v) is 3.20. The maximum absolute atomic E-state index is 6.01. The predicted molar refractivity (Wildman–Crippen MR) is 71.5 cm³/mol. The van der Waals surface area contributed by atoms with E-state index in [1.54, 1.807) is 0 Å². The highest BCUT2D eigenvalue weighted by molar-refractivity contribution is 5.37. The molecule has 0 aromatic heterocycles. The summed E-state index contributed by atoms with van der Waals surface area (Å²) >= 11 is 0. The van der Waals surface area contributed by atoms with Gasteiger partial charge in [-0.2, -0.15) is 0 Å². The van der Waals surface area contributed by atoms with Crippen LogP contribution in [-0.4, -0.2) is 18.7 Å². The van der Waals surface area contributed by atoms with Crippen LogP contribution in [0, 0.1) is 0 Å². The molecule has 0 radical (unpaired) electrons. The second kappa shape index (κ2) is 5.87. The number of benzene rings is 1. The van der Waals surface area contributed by atoms with Crippen molar-refractivity contribution in [3.8, 4) is 5.75 Å². The number of fused-ring (bicyclic) bond motifs is 1. The summed E-state index contributed by atoms with van der Waals surface area (Å²) in [5.41, 5.74) is 1.32. The fourth-order valence-corrected chi connectivity index (χ4v) is 2.31. The highest BCUT2D eigenvalue weighted by Gasteiger charge is 2.28. The zero-order valence-corrected chi connectivity index (χ0v) is 10.5. The summed E-state index contributed by atoms with van der Waals surface area (Å²) in [4.78, 5) is 0. The lowest BCUT2D eigenvalue weighted by Crippen LogP contribution is -2.42. The van der Waals surface area contributed by atoms with Gasteiger partial charge >= 0.3 is 0 Å². The normalized spacial score (nSPS) is 19.5. The molecule has 1 heterocycles. The lowest BCUT2D eigenvalue weighted by Gasteiger charge is -2.23. The van der Waals surface area contributed by atoms with E-state index >= 15 is 0 Å². The minimum absolute atomic E-state index is 0.247. The number of hydrogen-bond acceptors (Lipinski definition) is 2. The Balaban J connectivity index is 2.00. The first kappa shape index (κ1) is 12.2. The fourth-order valence-electron chi connectivity index (χ4n) is 2.31. The van der Waals surface area contributed by atoms with Crippen molar-refractivity contribution >= 4 is 0 Å². The maximum Gasteiger partial charge on any atom is 0.123 e. The van der Waals surface area contributed by atoms with Gasteiger partial charge in [-0.1, -0.05) is 31.2 Å². The Labute approximate surface area is 104 Å². The van der Waals surface area contributed by atoms with Crippen molar-refractivity contribution in [3.05, 3.63) is 42.5 Å². The van der Waals surface area contributed by atoms with Crippen LogP contribution in [0.2, 0.25) is 0 Å². The van der Waals surface area contributed by atoms with Gasteiger partial charge in [0, 0.05) is 12.5 Å². The van der Waals surface area contributed by atoms with Gasteiger partial charge in [0.05, 0.1) is 0 Å². The molecule has 1 aromatic carbocycles. The van der Waals surface area contributed by atoms with Crippen LogP contribution in [0.1, 0.15) is 25.3 Å². The maximum atomic E-state index is 6.01. The molecule has 0 saturated carbocycles. The van der Waals surface area contributed by atoms with E-state index in [9.17, 15) is 0 Å². The Morgan fingerprint density at radius 2 is 2.35 bits per heavy atom. The molecule has 1 aromatic rings. The Morgan fingerprint density at radius 1 is 1.53 bits per heavy atom. The van der Waals surface area contributed by atoms with Gasteiger partial charge < -0.3 is 10.1 Å². The molecular formula is C15H21NO. The van der Waals surface area contributed by atoms with E-state index in [1.165, 1.54) is 5.56 Å². The van der Waals surface area contributed by atoms with Gasteiger partial charge in [-0.15, -0.1) is 6.58 Å². The third kappa shape index (κ3) is 2.89. The minimum Gasteiger partial charge on any atom is -0.488 e. The van der Waals surface area contributed by atoms with Crippen LogP contribution in [0.4, 0.5) is 0 Å². The fraction of sp³-hybridized carbons (Fsp3) is 0.467. The van der Waals surface area contributed by atoms with Crippen LogP contribution < -0.4 is 10.1 Å². The lowest BCUT2D eigenvalue weighted by atomic mass is 10.0. The van der Waals surface area contributed by atoms with E-state index in [0.29, 0.717) is 6.04 Å². The molecule has 0 bridgehead atoms. The van der Waals surface area contributed by atoms with Gasteiger partial charge in [0.25, 0.3) is 0 Å². The Kier molecular flexibility index (Phi) is 4.21. The largest absolute Gasteiger partial charge is 0.488 e. The van der Waals surface area contributed by atoms with Crippen LogP contribution in [0.15, 0.2) is 36.9 Å². The molecule has 2 rings (SSSR count). The molecular weight excluding hydrogens is 210 g/mol. The topological polar surface area (TPSA) is 21.3 Å². The van der Waals surface area contributed by atoms with Gasteiger partial charge in [-0.25, -0.2) is 0 Å². The summed E-state index contributed by atoms with van der Waals surface area (Å²) in [6, 6.07) is 8.69. The SMILES string of the molecule is C=CCC(NCCC)C1Cc2ccccc2O1. The highest BCUT2D eigenvalue weighted by atomic mass is 16.5. The van der Waals surface area contributed by atoms with E-state index in [4.69, 9.17) is 4.74 Å². The first-order chi connectivity index (χ1) is 8.35. The molecule has 0 aliphatic carbocycles. The van der Waals surface area contributed by atoms with Gasteiger partial charge in [0.2, 0.25) is 0 Å². The third-order valence-electron chi connectivity index (χ3n) is 3.20. The summed E-state index contributed by atoms with van der Waals surface area (Å²) in [6.07, 6.45) is 5.33. The van der Waals surface area contributed by atoms with Crippen LogP contribution >= 0.6 is 0 Å². The van der Waals surface area contributed by atoms with Gasteiger partial charge in [0.1, 0.15) is 11.9 Å². The molecule has 1 aliphatic heterocycles. The molecule has 0 fully saturated rings. The lowest BCUT2D eigenvalue weighted by molar-refractivity contribution is 0.178. The molecule has 0 spiro atoms. The zero-order valence-electron chi connectivity index (χ0n) is 10.5. The molecule has 2 atom stereocenters. The van der Waals surface area contributed by atoms with Crippen LogP contribution in [0.3, 0.4) is 0 Å². The molecule has 0 amide bonds. The molecule has 1 aliphatic rings. The van der Waals surface area contributed by atoms with Crippen molar-refractivity contribution < 1.29 is 4.74 Å². The second-order valence-electron chi connectivity index (χ2n) is 4.55. The number of rotatable bonds is 6. The molecule has 0 saturated heterocycles. The zero-order chi connectivity index (χ0) is 12.1. The molecule has 2 nitrogen and oxygen atoms in total. The van der Waals surface area contributed by atoms with Crippen molar-refractivity contribution in [2.75, 3.05) is 6.54 Å². The van der Waals surface area contributed by atoms with Crippen molar-refractivity contribution in [1.29, 1.82) is 0 Å². The Hall–Kier alpha value is -1.28. The molecule has 2 unspecified atom stereocenters. The first-order valence-corrected chi connectivity index (χ1v) is 6.44. The molecule has 17 heavy (non-hydrogen) atoms. The summed E-state index contributed by atoms with van der Waals surface area (Å²) in [7, 11) is 0. The summed E-state index contributed by atoms with van der Waals surface area (Å²) in [6.45, 7) is 7.05. The summed E-state index contributed by atoms with van der Waals surface area (Å²) in [5, 5.41) is 3.55. The van der Waals surface area contributed by atoms with Gasteiger partial charge in [0.15, 0.2) is 0 Å². The van der Waals surface area contributed by atoms with Gasteiger partial charge in [-0.05, 0) is 31.0 Å². The average molecular weight is 231 g/mol. The summed E-state index contributed by atoms with van der Waals surface area (Å²) in [5.74, 6) is 1.05. The van der Waals surface area contributed by atoms with E-state index in [2.05, 4.69) is 37.0 Å². The predicted octanol–water partition coefficient (Wildman–Crippen LogP) is 2.93. The number of nitrogens with one attached hydrogen (secondary N) is 1. The minimum atomic E-state index is 0.247. The Morgan fingerprint density at radius 3 is 3.06 bits per heavy atom. The molecule has 2 heteroatoms. The van der Waals surface area contributed by atoms with E-state index < -0.39 is 0 Å². The highest BCUT2D eigenvalue weighted by Crippen LogP contribution is 2.30. The quantitative estimate of drug-likeness (QED) is 0.760. The first-order valence-electron chi connectivity index (χ1n) is 6.44. The molecule has 1 N–H and O–H groups in total. The van der Waals surface area contributed by atoms with E-state index in [1.807, 2.05) is 12.1 Å². The van der Waals surface area contributed by atoms with Crippen molar-refractivity contribution in [2.45, 2.75) is 38.3 Å². The van der Waals surface area contributed by atoms with Crippen molar-refractivity contribution in [2.24, 2.45) is 0 Å². The van der Waals surface area contributed by atoms with Gasteiger partial charge in [-0.3, -0.25) is 0 Å². The van der Waals surface area contributed by atoms with Crippen LogP contribution in [0.5, 0.6) is 5.75 Å².